The van der Waals surface area contributed by atoms with Crippen LogP contribution in [0.1, 0.15) is 61.3 Å². The number of aryl methyl sites for hydroxylation is 3. The molecule has 0 spiro atoms. The number of amides is 1. The summed E-state index contributed by atoms with van der Waals surface area (Å²) >= 11 is 0. The molecule has 1 heterocycles. The first-order valence-electron chi connectivity index (χ1n) is 10.2. The molecule has 1 aliphatic heterocycles. The number of hydrogen-bond acceptors (Lipinski definition) is 3. The summed E-state index contributed by atoms with van der Waals surface area (Å²) in [7, 11) is 0. The zero-order valence-corrected chi connectivity index (χ0v) is 17.7. The second kappa shape index (κ2) is 8.02. The van der Waals surface area contributed by atoms with Crippen LogP contribution in [0.4, 0.5) is 0 Å². The summed E-state index contributed by atoms with van der Waals surface area (Å²) < 4.78 is 0. The summed E-state index contributed by atoms with van der Waals surface area (Å²) in [5, 5.41) is 0. The molecule has 3 unspecified atom stereocenters. The molecule has 1 saturated carbocycles. The fourth-order valence-corrected chi connectivity index (χ4v) is 4.97. The van der Waals surface area contributed by atoms with Crippen molar-refractivity contribution in [3.63, 3.8) is 0 Å². The first-order valence-corrected chi connectivity index (χ1v) is 10.2. The van der Waals surface area contributed by atoms with Gasteiger partial charge < -0.3 is 4.90 Å². The van der Waals surface area contributed by atoms with Crippen molar-refractivity contribution < 1.29 is 14.4 Å². The minimum Gasteiger partial charge on any atom is -0.339 e. The second-order valence-corrected chi connectivity index (χ2v) is 8.91. The van der Waals surface area contributed by atoms with Gasteiger partial charge in [0.1, 0.15) is 11.7 Å². The topological polar surface area (TPSA) is 54.5 Å². The molecule has 28 heavy (non-hydrogen) atoms. The molecular weight excluding hydrogens is 350 g/mol. The number of hydrogen-bond donors (Lipinski definition) is 0. The molecule has 3 rings (SSSR count). The fourth-order valence-electron chi connectivity index (χ4n) is 4.97. The number of carbonyl (C=O) groups is 3. The van der Waals surface area contributed by atoms with E-state index in [2.05, 4.69) is 12.1 Å². The Balaban J connectivity index is 1.70. The summed E-state index contributed by atoms with van der Waals surface area (Å²) in [6, 6.07) is 4.11. The van der Waals surface area contributed by atoms with Gasteiger partial charge >= 0.3 is 0 Å². The van der Waals surface area contributed by atoms with E-state index in [9.17, 15) is 14.4 Å². The average molecular weight is 382 g/mol. The number of benzene rings is 1. The maximum Gasteiger partial charge on any atom is 0.246 e. The minimum absolute atomic E-state index is 0.0557. The van der Waals surface area contributed by atoms with Crippen LogP contribution in [0.2, 0.25) is 0 Å². The van der Waals surface area contributed by atoms with Gasteiger partial charge in [-0.15, -0.1) is 0 Å². The maximum atomic E-state index is 13.1. The number of allylic oxidation sites excluding steroid dienone is 1. The molecule has 1 saturated heterocycles. The van der Waals surface area contributed by atoms with Gasteiger partial charge in [0.05, 0.1) is 0 Å². The van der Waals surface area contributed by atoms with Gasteiger partial charge in [-0.2, -0.15) is 0 Å². The van der Waals surface area contributed by atoms with E-state index < -0.39 is 5.92 Å². The Morgan fingerprint density at radius 2 is 1.79 bits per heavy atom. The monoisotopic (exact) mass is 381 g/mol. The van der Waals surface area contributed by atoms with Crippen LogP contribution in [0, 0.1) is 32.6 Å². The molecule has 1 aromatic carbocycles. The van der Waals surface area contributed by atoms with Gasteiger partial charge in [-0.3, -0.25) is 14.4 Å². The normalized spacial score (nSPS) is 24.8. The van der Waals surface area contributed by atoms with Gasteiger partial charge in [-0.05, 0) is 70.1 Å². The van der Waals surface area contributed by atoms with Crippen molar-refractivity contribution in [2.45, 2.75) is 59.8 Å². The zero-order chi connectivity index (χ0) is 20.6. The smallest absolute Gasteiger partial charge is 0.246 e. The molecule has 1 aliphatic carbocycles. The van der Waals surface area contributed by atoms with Gasteiger partial charge in [0, 0.05) is 31.5 Å². The Morgan fingerprint density at radius 1 is 1.14 bits per heavy atom. The molecule has 0 aromatic heterocycles. The molecule has 0 bridgehead atoms. The van der Waals surface area contributed by atoms with Crippen molar-refractivity contribution in [3.05, 3.63) is 46.0 Å². The lowest BCUT2D eigenvalue weighted by atomic mass is 9.85. The maximum absolute atomic E-state index is 13.1. The van der Waals surface area contributed by atoms with Gasteiger partial charge in [0.2, 0.25) is 5.91 Å². The Kier molecular flexibility index (Phi) is 5.87. The Hall–Kier alpha value is -2.23. The van der Waals surface area contributed by atoms with E-state index in [1.807, 2.05) is 39.5 Å². The van der Waals surface area contributed by atoms with Crippen molar-refractivity contribution in [2.24, 2.45) is 11.8 Å². The molecule has 3 atom stereocenters. The second-order valence-electron chi connectivity index (χ2n) is 8.91. The van der Waals surface area contributed by atoms with Crippen molar-refractivity contribution in [2.75, 3.05) is 13.1 Å². The number of nitrogens with zero attached hydrogens (tertiary/aromatic N) is 1. The van der Waals surface area contributed by atoms with Crippen molar-refractivity contribution >= 4 is 17.5 Å². The molecular formula is C24H31NO3. The minimum atomic E-state index is -0.601. The first kappa shape index (κ1) is 20.5. The molecule has 0 radical (unpaired) electrons. The van der Waals surface area contributed by atoms with E-state index in [1.54, 1.807) is 6.08 Å². The third-order valence-electron chi connectivity index (χ3n) is 6.11. The van der Waals surface area contributed by atoms with Crippen molar-refractivity contribution in [1.29, 1.82) is 0 Å². The number of Topliss-reactive ketones (excluding diaryl/α,β-unsaturated/α-hetero) is 2. The van der Waals surface area contributed by atoms with E-state index in [1.165, 1.54) is 0 Å². The van der Waals surface area contributed by atoms with Crippen LogP contribution < -0.4 is 0 Å². The van der Waals surface area contributed by atoms with Crippen LogP contribution in [0.25, 0.3) is 0 Å². The van der Waals surface area contributed by atoms with E-state index in [0.29, 0.717) is 25.3 Å². The van der Waals surface area contributed by atoms with Crippen LogP contribution in [0.5, 0.6) is 0 Å². The van der Waals surface area contributed by atoms with Crippen LogP contribution in [0.3, 0.4) is 0 Å². The number of carbonyl (C=O) groups excluding carboxylic acids is 3. The predicted octanol–water partition coefficient (Wildman–Crippen LogP) is 4.06. The first-order chi connectivity index (χ1) is 13.2. The van der Waals surface area contributed by atoms with Crippen LogP contribution in [-0.4, -0.2) is 35.5 Å². The summed E-state index contributed by atoms with van der Waals surface area (Å²) in [6.07, 6.45) is 3.64. The molecule has 2 fully saturated rings. The van der Waals surface area contributed by atoms with Gasteiger partial charge in [0.25, 0.3) is 0 Å². The highest BCUT2D eigenvalue weighted by Gasteiger charge is 2.44. The Bertz CT molecular complexity index is 824. The number of rotatable bonds is 4. The fraction of sp³-hybridized carbons (Fsp3) is 0.542. The highest BCUT2D eigenvalue weighted by Crippen LogP contribution is 2.39. The van der Waals surface area contributed by atoms with Crippen molar-refractivity contribution in [3.8, 4) is 0 Å². The van der Waals surface area contributed by atoms with Gasteiger partial charge in [-0.1, -0.05) is 23.3 Å². The highest BCUT2D eigenvalue weighted by molar-refractivity contribution is 6.15. The van der Waals surface area contributed by atoms with E-state index in [-0.39, 0.29) is 23.4 Å². The van der Waals surface area contributed by atoms with Crippen LogP contribution in [0.15, 0.2) is 23.8 Å². The summed E-state index contributed by atoms with van der Waals surface area (Å²) in [5.41, 5.74) is 5.13. The Morgan fingerprint density at radius 3 is 2.39 bits per heavy atom. The van der Waals surface area contributed by atoms with Crippen LogP contribution >= 0.6 is 0 Å². The Labute approximate surface area is 168 Å². The third kappa shape index (κ3) is 4.11. The molecule has 150 valence electrons. The quantitative estimate of drug-likeness (QED) is 0.584. The van der Waals surface area contributed by atoms with Gasteiger partial charge in [0.15, 0.2) is 5.78 Å². The van der Waals surface area contributed by atoms with Crippen LogP contribution in [-0.2, 0) is 14.4 Å². The zero-order valence-electron chi connectivity index (χ0n) is 17.7. The SMILES string of the molecule is CC(C)=CC(=O)N1CCC(CC2CC(=O)C(c3c(C)cc(C)cc3C)C2=O)C1. The lowest BCUT2D eigenvalue weighted by Gasteiger charge is -2.18. The van der Waals surface area contributed by atoms with E-state index in [0.717, 1.165) is 40.8 Å². The number of likely N-dealkylation sites (tertiary alicyclic amines) is 1. The van der Waals surface area contributed by atoms with E-state index >= 15 is 0 Å². The summed E-state index contributed by atoms with van der Waals surface area (Å²) in [5.74, 6) is -0.318. The molecule has 4 nitrogen and oxygen atoms in total. The largest absolute Gasteiger partial charge is 0.339 e. The lowest BCUT2D eigenvalue weighted by Crippen LogP contribution is -2.27. The molecule has 0 N–H and O–H groups in total. The summed E-state index contributed by atoms with van der Waals surface area (Å²) in [6.45, 7) is 11.3. The van der Waals surface area contributed by atoms with Gasteiger partial charge in [-0.25, -0.2) is 0 Å². The summed E-state index contributed by atoms with van der Waals surface area (Å²) in [4.78, 5) is 40.0. The third-order valence-corrected chi connectivity index (χ3v) is 6.11. The molecule has 1 amide bonds. The average Bonchev–Trinajstić information content (AvgIpc) is 3.14. The van der Waals surface area contributed by atoms with Crippen molar-refractivity contribution in [1.82, 2.24) is 4.90 Å². The predicted molar refractivity (Wildman–Crippen MR) is 110 cm³/mol. The molecule has 1 aromatic rings. The molecule has 2 aliphatic rings. The van der Waals surface area contributed by atoms with E-state index in [4.69, 9.17) is 0 Å². The highest BCUT2D eigenvalue weighted by atomic mass is 16.2. The standard InChI is InChI=1S/C24H31NO3/c1-14(2)8-21(27)25-7-6-18(13-25)11-19-12-20(26)23(24(19)28)22-16(4)9-15(3)10-17(22)5/h8-10,18-19,23H,6-7,11-13H2,1-5H3. The lowest BCUT2D eigenvalue weighted by molar-refractivity contribution is -0.125. The molecule has 4 heteroatoms. The number of ketones is 2.